The second-order valence-electron chi connectivity index (χ2n) is 0.451. The molecule has 0 aliphatic rings. The molecule has 0 aromatic rings. The molecule has 0 heterocycles. The van der Waals surface area contributed by atoms with E-state index >= 15 is 0 Å². The topological polar surface area (TPSA) is 17.1 Å². The minimum atomic E-state index is 1.23. The smallest absolute Gasteiger partial charge is 0.224 e. The molecule has 0 aromatic carbocycles. The molecule has 2 heteroatoms. The van der Waals surface area contributed by atoms with Gasteiger partial charge in [-0.25, -0.2) is 0 Å². The third-order valence-corrected chi connectivity index (χ3v) is 0.318. The zero-order valence-corrected chi connectivity index (χ0v) is 3.56. The van der Waals surface area contributed by atoms with Crippen molar-refractivity contribution in [2.45, 2.75) is 0 Å². The van der Waals surface area contributed by atoms with Crippen molar-refractivity contribution in [3.63, 3.8) is 0 Å². The minimum absolute atomic E-state index is 1.23. The van der Waals surface area contributed by atoms with E-state index in [1.807, 2.05) is 0 Å². The third kappa shape index (κ3) is 3.63. The molecule has 0 aromatic heterocycles. The van der Waals surface area contributed by atoms with Crippen molar-refractivity contribution < 1.29 is 4.79 Å². The van der Waals surface area contributed by atoms with Crippen LogP contribution in [0, 0.1) is 0 Å². The van der Waals surface area contributed by atoms with Crippen LogP contribution in [-0.2, 0) is 4.79 Å². The largest absolute Gasteiger partial charge is 0.286 e. The van der Waals surface area contributed by atoms with E-state index in [0.717, 1.165) is 0 Å². The highest BCUT2D eigenvalue weighted by Gasteiger charge is 1.51. The van der Waals surface area contributed by atoms with Gasteiger partial charge >= 0.3 is 0 Å². The molecule has 0 saturated heterocycles. The fourth-order valence-electron chi connectivity index (χ4n) is 0.0340. The van der Waals surface area contributed by atoms with E-state index in [0.29, 0.717) is 0 Å². The van der Waals surface area contributed by atoms with Crippen molar-refractivity contribution in [2.75, 3.05) is 0 Å². The Balaban J connectivity index is 2.92. The Labute approximate surface area is 34.1 Å². The predicted octanol–water partition coefficient (Wildman–Crippen LogP) is -0.222. The van der Waals surface area contributed by atoms with Crippen molar-refractivity contribution in [1.82, 2.24) is 0 Å². The van der Waals surface area contributed by atoms with Crippen molar-refractivity contribution in [3.8, 4) is 0 Å². The van der Waals surface area contributed by atoms with Crippen molar-refractivity contribution in [3.05, 3.63) is 11.8 Å². The lowest BCUT2D eigenvalue weighted by atomic mass is 10.7. The molecule has 1 nitrogen and oxygen atoms in total. The van der Waals surface area contributed by atoms with Crippen molar-refractivity contribution in [2.24, 2.45) is 0 Å². The van der Waals surface area contributed by atoms with Crippen LogP contribution in [0.25, 0.3) is 0 Å². The van der Waals surface area contributed by atoms with Gasteiger partial charge in [-0.15, -0.1) is 0 Å². The summed E-state index contributed by atoms with van der Waals surface area (Å²) in [6.45, 7) is 0. The minimum Gasteiger partial charge on any atom is -0.286 e. The van der Waals surface area contributed by atoms with Crippen molar-refractivity contribution >= 4 is 16.5 Å². The van der Waals surface area contributed by atoms with E-state index in [-0.39, 0.29) is 0 Å². The molecule has 0 aliphatic carbocycles. The summed E-state index contributed by atoms with van der Waals surface area (Å²) in [4.78, 5) is 9.16. The quantitative estimate of drug-likeness (QED) is 0.315. The summed E-state index contributed by atoms with van der Waals surface area (Å²) in [5.74, 6) is 0. The summed E-state index contributed by atoms with van der Waals surface area (Å²) in [7, 11) is 2.91. The van der Waals surface area contributed by atoms with Crippen LogP contribution >= 0.6 is 0 Å². The molecular formula is C3H2OSi. The second kappa shape index (κ2) is 3.63. The summed E-state index contributed by atoms with van der Waals surface area (Å²) in [6.07, 6.45) is 2.77. The zero-order valence-electron chi connectivity index (χ0n) is 2.56. The predicted molar refractivity (Wildman–Crippen MR) is 20.6 cm³/mol. The van der Waals surface area contributed by atoms with E-state index in [1.54, 1.807) is 0 Å². The molecule has 0 fully saturated rings. The van der Waals surface area contributed by atoms with Gasteiger partial charge in [0.15, 0.2) is 0 Å². The first-order valence-electron chi connectivity index (χ1n) is 1.11. The molecule has 0 bridgehead atoms. The SMILES string of the molecule is O=[C]/C=C/[Si]. The fourth-order valence-corrected chi connectivity index (χ4v) is 0.102. The third-order valence-electron chi connectivity index (χ3n) is 0.151. The summed E-state index contributed by atoms with van der Waals surface area (Å²) < 4.78 is 0. The maximum Gasteiger partial charge on any atom is 0.224 e. The number of rotatable bonds is 1. The number of carbonyl (C=O) groups excluding carboxylic acids is 1. The van der Waals surface area contributed by atoms with Gasteiger partial charge in [-0.2, -0.15) is 0 Å². The number of hydrogen-bond donors (Lipinski definition) is 0. The Bertz CT molecular complexity index is 48.9. The van der Waals surface area contributed by atoms with Crippen LogP contribution in [0.4, 0.5) is 0 Å². The molecule has 0 spiro atoms. The van der Waals surface area contributed by atoms with E-state index in [2.05, 4.69) is 10.2 Å². The van der Waals surface area contributed by atoms with Crippen LogP contribution in [0.1, 0.15) is 0 Å². The molecule has 0 aliphatic heterocycles. The van der Waals surface area contributed by atoms with Gasteiger partial charge in [-0.05, 0) is 6.08 Å². The van der Waals surface area contributed by atoms with Gasteiger partial charge in [-0.1, -0.05) is 5.70 Å². The molecule has 0 N–H and O–H groups in total. The lowest BCUT2D eigenvalue weighted by molar-refractivity contribution is 0.564. The van der Waals surface area contributed by atoms with E-state index < -0.39 is 0 Å². The lowest BCUT2D eigenvalue weighted by Crippen LogP contribution is -1.54. The molecule has 5 heavy (non-hydrogen) atoms. The lowest BCUT2D eigenvalue weighted by Gasteiger charge is -1.48. The first-order chi connectivity index (χ1) is 2.41. The Hall–Kier alpha value is -0.373. The molecular weight excluding hydrogens is 80.1 g/mol. The van der Waals surface area contributed by atoms with Gasteiger partial charge < -0.3 is 0 Å². The van der Waals surface area contributed by atoms with Gasteiger partial charge in [0.05, 0.1) is 10.2 Å². The molecule has 0 saturated carbocycles. The van der Waals surface area contributed by atoms with Crippen LogP contribution in [0.3, 0.4) is 0 Å². The molecule has 0 amide bonds. The zero-order chi connectivity index (χ0) is 4.12. The molecule has 0 atom stereocenters. The highest BCUT2D eigenvalue weighted by Crippen LogP contribution is 1.48. The van der Waals surface area contributed by atoms with Gasteiger partial charge in [0.1, 0.15) is 0 Å². The maximum atomic E-state index is 9.16. The summed E-state index contributed by atoms with van der Waals surface area (Å²) in [5, 5.41) is 0. The monoisotopic (exact) mass is 82.0 g/mol. The Morgan fingerprint density at radius 2 is 2.40 bits per heavy atom. The molecule has 0 unspecified atom stereocenters. The Kier molecular flexibility index (Phi) is 3.36. The normalized spacial score (nSPS) is 9.00. The van der Waals surface area contributed by atoms with Crippen LogP contribution in [0.2, 0.25) is 0 Å². The summed E-state index contributed by atoms with van der Waals surface area (Å²) >= 11 is 0. The summed E-state index contributed by atoms with van der Waals surface area (Å²) in [6, 6.07) is 0. The van der Waals surface area contributed by atoms with Crippen LogP contribution in [0.5, 0.6) is 0 Å². The second-order valence-corrected chi connectivity index (χ2v) is 0.785. The maximum absolute atomic E-state index is 9.16. The number of allylic oxidation sites excluding steroid dienone is 1. The average molecular weight is 82.1 g/mol. The van der Waals surface area contributed by atoms with E-state index in [1.165, 1.54) is 18.1 Å². The van der Waals surface area contributed by atoms with E-state index in [4.69, 9.17) is 4.79 Å². The van der Waals surface area contributed by atoms with Gasteiger partial charge in [-0.3, -0.25) is 4.79 Å². The number of hydrogen-bond acceptors (Lipinski definition) is 1. The first kappa shape index (κ1) is 4.63. The van der Waals surface area contributed by atoms with Crippen LogP contribution in [-0.4, -0.2) is 16.5 Å². The standard InChI is InChI=1S/C3H2OSi/c4-2-1-3-5/h1,3H/b3-1+. The average Bonchev–Trinajstić information content (AvgIpc) is 1.41. The highest BCUT2D eigenvalue weighted by molar-refractivity contribution is 6.18. The van der Waals surface area contributed by atoms with Gasteiger partial charge in [0, 0.05) is 0 Å². The van der Waals surface area contributed by atoms with Crippen LogP contribution < -0.4 is 0 Å². The van der Waals surface area contributed by atoms with Gasteiger partial charge in [0.2, 0.25) is 6.29 Å². The first-order valence-corrected chi connectivity index (χ1v) is 1.69. The Morgan fingerprint density at radius 3 is 2.40 bits per heavy atom. The Morgan fingerprint density at radius 1 is 1.80 bits per heavy atom. The van der Waals surface area contributed by atoms with E-state index in [9.17, 15) is 0 Å². The summed E-state index contributed by atoms with van der Waals surface area (Å²) in [5.41, 5.74) is 1.44. The van der Waals surface area contributed by atoms with Crippen molar-refractivity contribution in [1.29, 1.82) is 0 Å². The fraction of sp³-hybridized carbons (Fsp3) is 0. The molecule has 24 valence electrons. The van der Waals surface area contributed by atoms with Gasteiger partial charge in [0.25, 0.3) is 0 Å². The molecule has 4 radical (unpaired) electrons. The van der Waals surface area contributed by atoms with Crippen LogP contribution in [0.15, 0.2) is 11.8 Å². The highest BCUT2D eigenvalue weighted by atomic mass is 28.1. The molecule has 0 rings (SSSR count).